The first-order valence-corrected chi connectivity index (χ1v) is 13.3. The van der Waals surface area contributed by atoms with E-state index in [4.69, 9.17) is 17.2 Å². The number of nitrogen functional groups attached to an aromatic ring is 2. The maximum Gasteiger partial charge on any atom is 0.300 e. The lowest BCUT2D eigenvalue weighted by Crippen LogP contribution is -2.51. The number of nitrogens with two attached hydrogens (primary N) is 3. The smallest absolute Gasteiger partial charge is 0.300 e. The number of nitrogens with one attached hydrogen (secondary N) is 2. The summed E-state index contributed by atoms with van der Waals surface area (Å²) < 4.78 is 69.9. The van der Waals surface area contributed by atoms with Crippen molar-refractivity contribution in [1.29, 1.82) is 0 Å². The van der Waals surface area contributed by atoms with E-state index in [0.29, 0.717) is 35.2 Å². The van der Waals surface area contributed by atoms with Crippen molar-refractivity contribution in [3.05, 3.63) is 65.8 Å². The summed E-state index contributed by atoms with van der Waals surface area (Å²) in [6.07, 6.45) is 2.00. The predicted octanol–water partition coefficient (Wildman–Crippen LogP) is 1.68. The van der Waals surface area contributed by atoms with Crippen LogP contribution in [-0.4, -0.2) is 41.6 Å². The van der Waals surface area contributed by atoms with E-state index >= 15 is 0 Å². The third kappa shape index (κ3) is 5.32. The van der Waals surface area contributed by atoms with Gasteiger partial charge >= 0.3 is 10.1 Å². The first-order valence-electron chi connectivity index (χ1n) is 10.4. The van der Waals surface area contributed by atoms with E-state index < -0.39 is 41.5 Å². The van der Waals surface area contributed by atoms with Gasteiger partial charge in [-0.2, -0.15) is 16.8 Å². The maximum atomic E-state index is 12.5. The monoisotopic (exact) mass is 551 g/mol. The first kappa shape index (κ1) is 27.8. The van der Waals surface area contributed by atoms with Crippen molar-refractivity contribution in [3.8, 4) is 0 Å². The third-order valence-electron chi connectivity index (χ3n) is 5.58. The van der Waals surface area contributed by atoms with Gasteiger partial charge in [-0.15, -0.1) is 5.11 Å². The van der Waals surface area contributed by atoms with E-state index in [9.17, 15) is 30.7 Å². The van der Waals surface area contributed by atoms with Crippen LogP contribution in [0.3, 0.4) is 0 Å². The molecule has 2 aromatic carbocycles. The van der Waals surface area contributed by atoms with Gasteiger partial charge in [0, 0.05) is 29.4 Å². The van der Waals surface area contributed by atoms with Gasteiger partial charge in [0.25, 0.3) is 10.1 Å². The number of hydrogen-bond acceptors (Lipinski definition) is 10. The lowest BCUT2D eigenvalue weighted by molar-refractivity contribution is -0.114. The van der Waals surface area contributed by atoms with Crippen molar-refractivity contribution < 1.29 is 30.7 Å². The highest BCUT2D eigenvalue weighted by molar-refractivity contribution is 7.88. The van der Waals surface area contributed by atoms with Gasteiger partial charge in [0.2, 0.25) is 10.8 Å². The summed E-state index contributed by atoms with van der Waals surface area (Å²) in [6, 6.07) is 8.66. The Balaban J connectivity index is 2.27. The van der Waals surface area contributed by atoms with Gasteiger partial charge in [-0.3, -0.25) is 19.3 Å². The first-order chi connectivity index (χ1) is 17.0. The van der Waals surface area contributed by atoms with Crippen LogP contribution in [0.2, 0.25) is 0 Å². The van der Waals surface area contributed by atoms with E-state index in [1.165, 1.54) is 25.1 Å². The van der Waals surface area contributed by atoms with E-state index in [-0.39, 0.29) is 16.9 Å². The Morgan fingerprint density at radius 1 is 1.00 bits per heavy atom. The van der Waals surface area contributed by atoms with Crippen molar-refractivity contribution in [1.82, 2.24) is 0 Å². The van der Waals surface area contributed by atoms with E-state index in [0.717, 1.165) is 0 Å². The molecule has 0 fully saturated rings. The molecule has 0 saturated heterocycles. The molecule has 14 nitrogen and oxygen atoms in total. The molecule has 0 aromatic heterocycles. The number of carbonyl (C=O) groups is 1. The molecule has 0 saturated carbocycles. The molecule has 1 aliphatic carbocycles. The fraction of sp³-hybridized carbons (Fsp3) is 0.190. The molecule has 37 heavy (non-hydrogen) atoms. The third-order valence-corrected chi connectivity index (χ3v) is 7.95. The summed E-state index contributed by atoms with van der Waals surface area (Å²) in [5.41, 5.74) is 21.0. The highest BCUT2D eigenvalue weighted by Crippen LogP contribution is 2.43. The molecule has 0 heterocycles. The number of amides is 1. The Bertz CT molecular complexity index is 1570. The number of rotatable bonds is 7. The molecule has 1 aliphatic rings. The molecule has 0 bridgehead atoms. The largest absolute Gasteiger partial charge is 0.399 e. The Hall–Kier alpha value is -3.83. The number of hydrogen-bond donors (Lipinski definition) is 7. The van der Waals surface area contributed by atoms with Gasteiger partial charge in [-0.05, 0) is 55.0 Å². The zero-order valence-corrected chi connectivity index (χ0v) is 21.2. The van der Waals surface area contributed by atoms with Crippen LogP contribution in [0, 0.1) is 6.92 Å². The summed E-state index contributed by atoms with van der Waals surface area (Å²) in [6.45, 7) is 2.84. The van der Waals surface area contributed by atoms with Crippen LogP contribution in [0.15, 0.2) is 65.0 Å². The standard InChI is InChI=1S/C21H25N7O7S2/c1-12-17(23)4-3-5-18(12)26-28-27-20(36(30,31)32)8-9-21(24,37(33,34)35)16(11-20)15-7-6-14(22)10-19(15)25-13(2)29/h3-11H,22-24H2,1-2H3,(H,25,29)(H,26,27)(H,30,31,32)(H,33,34,35). The van der Waals surface area contributed by atoms with Crippen LogP contribution in [0.5, 0.6) is 0 Å². The zero-order valence-electron chi connectivity index (χ0n) is 19.6. The molecule has 10 N–H and O–H groups in total. The number of carbonyl (C=O) groups excluding carboxylic acids is 1. The maximum absolute atomic E-state index is 12.5. The molecular formula is C21H25N7O7S2. The molecule has 16 heteroatoms. The zero-order chi connectivity index (χ0) is 27.8. The lowest BCUT2D eigenvalue weighted by atomic mass is 9.90. The fourth-order valence-corrected chi connectivity index (χ4v) is 4.85. The highest BCUT2D eigenvalue weighted by atomic mass is 32.2. The average molecular weight is 552 g/mol. The minimum Gasteiger partial charge on any atom is -0.399 e. The molecular weight excluding hydrogens is 526 g/mol. The molecule has 0 aliphatic heterocycles. The predicted molar refractivity (Wildman–Crippen MR) is 139 cm³/mol. The second-order valence-electron chi connectivity index (χ2n) is 8.20. The molecule has 198 valence electrons. The van der Waals surface area contributed by atoms with Gasteiger partial charge in [0.1, 0.15) is 0 Å². The SMILES string of the molecule is CC(=O)Nc1cc(N)ccc1C1=CC(N=NNc2cccc(N)c2C)(S(=O)(=O)O)C=CC1(N)S(=O)(=O)O. The van der Waals surface area contributed by atoms with Gasteiger partial charge in [-0.25, -0.2) is 0 Å². The van der Waals surface area contributed by atoms with Crippen LogP contribution >= 0.6 is 0 Å². The number of anilines is 4. The van der Waals surface area contributed by atoms with Crippen molar-refractivity contribution in [2.24, 2.45) is 16.1 Å². The Kier molecular flexibility index (Phi) is 7.17. The molecule has 2 atom stereocenters. The van der Waals surface area contributed by atoms with E-state index in [1.54, 1.807) is 25.1 Å². The molecule has 1 amide bonds. The van der Waals surface area contributed by atoms with Crippen LogP contribution in [0.4, 0.5) is 22.7 Å². The van der Waals surface area contributed by atoms with Crippen molar-refractivity contribution >= 4 is 54.5 Å². The topological polar surface area (TPSA) is 253 Å². The quantitative estimate of drug-likeness (QED) is 0.0856. The minimum atomic E-state index is -5.17. The molecule has 2 unspecified atom stereocenters. The normalized spacial score (nSPS) is 22.0. The Morgan fingerprint density at radius 3 is 2.27 bits per heavy atom. The van der Waals surface area contributed by atoms with Crippen LogP contribution in [0.1, 0.15) is 18.1 Å². The van der Waals surface area contributed by atoms with Crippen molar-refractivity contribution in [2.75, 3.05) is 22.2 Å². The summed E-state index contributed by atoms with van der Waals surface area (Å²) in [5.74, 6) is -0.573. The van der Waals surface area contributed by atoms with Gasteiger partial charge < -0.3 is 22.5 Å². The number of nitrogens with zero attached hydrogens (tertiary/aromatic N) is 2. The molecule has 2 aromatic rings. The fourth-order valence-electron chi connectivity index (χ4n) is 3.51. The highest BCUT2D eigenvalue weighted by Gasteiger charge is 2.51. The molecule has 3 rings (SSSR count). The number of benzene rings is 2. The van der Waals surface area contributed by atoms with Crippen LogP contribution in [0.25, 0.3) is 5.57 Å². The second-order valence-corrected chi connectivity index (χ2v) is 11.4. The van der Waals surface area contributed by atoms with Crippen molar-refractivity contribution in [2.45, 2.75) is 23.6 Å². The second kappa shape index (κ2) is 9.56. The Morgan fingerprint density at radius 2 is 1.68 bits per heavy atom. The summed E-state index contributed by atoms with van der Waals surface area (Å²) in [7, 11) is -10.3. The molecule has 0 radical (unpaired) electrons. The van der Waals surface area contributed by atoms with Crippen LogP contribution in [-0.2, 0) is 25.0 Å². The summed E-state index contributed by atoms with van der Waals surface area (Å²) in [4.78, 5) is 6.36. The summed E-state index contributed by atoms with van der Waals surface area (Å²) >= 11 is 0. The van der Waals surface area contributed by atoms with Gasteiger partial charge in [0.15, 0.2) is 4.87 Å². The molecule has 0 spiro atoms. The Labute approximate surface area is 212 Å². The lowest BCUT2D eigenvalue weighted by Gasteiger charge is -2.34. The van der Waals surface area contributed by atoms with Gasteiger partial charge in [0.05, 0.1) is 11.4 Å². The van der Waals surface area contributed by atoms with E-state index in [1.807, 2.05) is 0 Å². The van der Waals surface area contributed by atoms with Gasteiger partial charge in [-0.1, -0.05) is 17.4 Å². The summed E-state index contributed by atoms with van der Waals surface area (Å²) in [5, 5.41) is 9.82. The van der Waals surface area contributed by atoms with Crippen LogP contribution < -0.4 is 27.9 Å². The minimum absolute atomic E-state index is 0.0535. The van der Waals surface area contributed by atoms with E-state index in [2.05, 4.69) is 21.1 Å². The average Bonchev–Trinajstić information content (AvgIpc) is 2.76. The van der Waals surface area contributed by atoms with Crippen molar-refractivity contribution in [3.63, 3.8) is 0 Å².